The molecule has 0 saturated heterocycles. The van der Waals surface area contributed by atoms with Gasteiger partial charge in [0.15, 0.2) is 0 Å². The summed E-state index contributed by atoms with van der Waals surface area (Å²) in [5.74, 6) is -1.68. The van der Waals surface area contributed by atoms with Gasteiger partial charge in [0, 0.05) is 11.5 Å². The first kappa shape index (κ1) is 21.4. The summed E-state index contributed by atoms with van der Waals surface area (Å²) in [7, 11) is 2.41. The predicted molar refractivity (Wildman–Crippen MR) is 70.6 cm³/mol. The molecule has 0 aromatic rings. The molecule has 0 saturated carbocycles. The number of hydrogen-bond donors (Lipinski definition) is 4. The van der Waals surface area contributed by atoms with E-state index >= 15 is 0 Å². The van der Waals surface area contributed by atoms with E-state index in [1.165, 1.54) is 21.6 Å². The maximum atomic E-state index is 10.3. The summed E-state index contributed by atoms with van der Waals surface area (Å²) in [6.45, 7) is 0. The van der Waals surface area contributed by atoms with Crippen molar-refractivity contribution in [2.75, 3.05) is 11.5 Å². The monoisotopic (exact) mass is 312 g/mol. The molecule has 0 unspecified atom stereocenters. The van der Waals surface area contributed by atoms with E-state index in [-0.39, 0.29) is 36.3 Å². The smallest absolute Gasteiger partial charge is 0.321 e. The minimum Gasteiger partial charge on any atom is -0.480 e. The van der Waals surface area contributed by atoms with E-state index in [0.717, 1.165) is 0 Å². The number of rotatable bonds is 7. The van der Waals surface area contributed by atoms with E-state index < -0.39 is 24.0 Å². The van der Waals surface area contributed by atoms with Gasteiger partial charge < -0.3 is 21.7 Å². The van der Waals surface area contributed by atoms with E-state index in [2.05, 4.69) is 0 Å². The molecule has 0 aromatic carbocycles. The molecule has 6 nitrogen and oxygen atoms in total. The molecular weight excluding hydrogens is 299 g/mol. The van der Waals surface area contributed by atoms with Gasteiger partial charge in [-0.1, -0.05) is 21.6 Å². The molecule has 0 aromatic heterocycles. The fraction of sp³-hybridized carbons (Fsp3) is 0.667. The first-order valence-corrected chi connectivity index (χ1v) is 6.15. The largest absolute Gasteiger partial charge is 0.480 e. The van der Waals surface area contributed by atoms with Crippen molar-refractivity contribution in [1.29, 1.82) is 0 Å². The molecule has 0 bridgehead atoms. The summed E-state index contributed by atoms with van der Waals surface area (Å²) in [4.78, 5) is 20.5. The summed E-state index contributed by atoms with van der Waals surface area (Å²) < 4.78 is 0. The van der Waals surface area contributed by atoms with Crippen molar-refractivity contribution in [1.82, 2.24) is 0 Å². The van der Waals surface area contributed by atoms with Crippen LogP contribution in [0.5, 0.6) is 0 Å². The van der Waals surface area contributed by atoms with Gasteiger partial charge in [-0.3, -0.25) is 9.59 Å². The Morgan fingerprint density at radius 3 is 1.38 bits per heavy atom. The number of nitrogens with two attached hydrogens (primary N) is 2. The van der Waals surface area contributed by atoms with E-state index in [1.54, 1.807) is 0 Å². The van der Waals surface area contributed by atoms with Gasteiger partial charge >= 0.3 is 11.9 Å². The fourth-order valence-electron chi connectivity index (χ4n) is 0.385. The summed E-state index contributed by atoms with van der Waals surface area (Å²) in [6.07, 6.45) is 0. The molecule has 0 heterocycles. The lowest BCUT2D eigenvalue weighted by Crippen LogP contribution is -2.33. The van der Waals surface area contributed by atoms with Gasteiger partial charge in [-0.2, -0.15) is 0 Å². The van der Waals surface area contributed by atoms with Crippen molar-refractivity contribution < 1.29 is 19.8 Å². The Hall–Kier alpha value is 0.140. The molecule has 0 spiro atoms. The minimum atomic E-state index is -1.07. The Morgan fingerprint density at radius 2 is 1.19 bits per heavy atom. The summed E-state index contributed by atoms with van der Waals surface area (Å²) in [5, 5.41) is 16.8. The first-order chi connectivity index (χ1) is 6.45. The number of carboxylic acids is 2. The zero-order valence-corrected chi connectivity index (χ0v) is 11.3. The van der Waals surface area contributed by atoms with Gasteiger partial charge in [0.25, 0.3) is 0 Å². The highest BCUT2D eigenvalue weighted by molar-refractivity contribution is 8.76. The molecule has 0 amide bonds. The number of halogens is 2. The lowest BCUT2D eigenvalue weighted by molar-refractivity contribution is -0.138. The molecule has 0 fully saturated rings. The number of hydrogen-bond acceptors (Lipinski definition) is 6. The Labute approximate surface area is 113 Å². The molecule has 0 aliphatic rings. The van der Waals surface area contributed by atoms with Gasteiger partial charge in [-0.05, 0) is 0 Å². The molecule has 16 heavy (non-hydrogen) atoms. The van der Waals surface area contributed by atoms with Gasteiger partial charge in [0.05, 0.1) is 0 Å². The van der Waals surface area contributed by atoms with Gasteiger partial charge in [-0.25, -0.2) is 0 Å². The van der Waals surface area contributed by atoms with Crippen LogP contribution in [0.15, 0.2) is 0 Å². The van der Waals surface area contributed by atoms with E-state index in [1.807, 2.05) is 0 Å². The maximum Gasteiger partial charge on any atom is 0.321 e. The fourth-order valence-corrected chi connectivity index (χ4v) is 2.61. The lowest BCUT2D eigenvalue weighted by atomic mass is 10.4. The third-order valence-electron chi connectivity index (χ3n) is 1.21. The van der Waals surface area contributed by atoms with Crippen molar-refractivity contribution >= 4 is 58.3 Å². The van der Waals surface area contributed by atoms with Gasteiger partial charge in [0.1, 0.15) is 12.1 Å². The van der Waals surface area contributed by atoms with Crippen LogP contribution in [-0.2, 0) is 9.59 Å². The first-order valence-electron chi connectivity index (χ1n) is 3.66. The van der Waals surface area contributed by atoms with Crippen LogP contribution < -0.4 is 11.5 Å². The van der Waals surface area contributed by atoms with E-state index in [0.29, 0.717) is 0 Å². The molecule has 6 N–H and O–H groups in total. The standard InChI is InChI=1S/C6H12N2O4S2.2ClH/c7-3(5(9)10)1-13-14-2-4(8)6(11)12;;/h3-4H,1-2,7-8H2,(H,9,10)(H,11,12);2*1H/t3-,4+;;. The second-order valence-corrected chi connectivity index (χ2v) is 5.01. The molecule has 0 aliphatic carbocycles. The molecule has 0 radical (unpaired) electrons. The zero-order valence-electron chi connectivity index (χ0n) is 8.07. The van der Waals surface area contributed by atoms with Crippen molar-refractivity contribution in [2.45, 2.75) is 12.1 Å². The number of carboxylic acid groups (broad SMARTS) is 2. The highest BCUT2D eigenvalue weighted by Crippen LogP contribution is 2.22. The van der Waals surface area contributed by atoms with Crippen LogP contribution in [0.1, 0.15) is 0 Å². The van der Waals surface area contributed by atoms with Crippen LogP contribution in [-0.4, -0.2) is 45.7 Å². The van der Waals surface area contributed by atoms with Crippen LogP contribution in [0.25, 0.3) is 0 Å². The summed E-state index contributed by atoms with van der Waals surface area (Å²) in [6, 6.07) is -1.85. The normalized spacial score (nSPS) is 12.9. The molecule has 2 atom stereocenters. The predicted octanol–water partition coefficient (Wildman–Crippen LogP) is 0.0352. The highest BCUT2D eigenvalue weighted by atomic mass is 35.5. The molecule has 98 valence electrons. The lowest BCUT2D eigenvalue weighted by Gasteiger charge is -2.07. The van der Waals surface area contributed by atoms with Crippen molar-refractivity contribution in [2.24, 2.45) is 11.5 Å². The van der Waals surface area contributed by atoms with Crippen LogP contribution in [0, 0.1) is 0 Å². The molecular formula is C6H14Cl2N2O4S2. The Bertz CT molecular complexity index is 201. The summed E-state index contributed by atoms with van der Waals surface area (Å²) >= 11 is 0. The quantitative estimate of drug-likeness (QED) is 0.383. The topological polar surface area (TPSA) is 127 Å². The van der Waals surface area contributed by atoms with Crippen LogP contribution in [0.4, 0.5) is 0 Å². The number of carbonyl (C=O) groups is 2. The maximum absolute atomic E-state index is 10.3. The zero-order chi connectivity index (χ0) is 11.1. The van der Waals surface area contributed by atoms with Crippen molar-refractivity contribution in [3.8, 4) is 0 Å². The molecule has 0 rings (SSSR count). The molecule has 0 aliphatic heterocycles. The van der Waals surface area contributed by atoms with E-state index in [9.17, 15) is 9.59 Å². The van der Waals surface area contributed by atoms with Crippen molar-refractivity contribution in [3.63, 3.8) is 0 Å². The Kier molecular flexibility index (Phi) is 15.6. The third kappa shape index (κ3) is 10.7. The average Bonchev–Trinajstić information content (AvgIpc) is 2.11. The van der Waals surface area contributed by atoms with Crippen LogP contribution in [0.3, 0.4) is 0 Å². The SMILES string of the molecule is Cl.Cl.N[C@H](CSSC[C@H](N)C(=O)O)C(=O)O. The van der Waals surface area contributed by atoms with E-state index in [4.69, 9.17) is 21.7 Å². The van der Waals surface area contributed by atoms with Crippen molar-refractivity contribution in [3.05, 3.63) is 0 Å². The second-order valence-electron chi connectivity index (χ2n) is 2.46. The van der Waals surface area contributed by atoms with Gasteiger partial charge in [0.2, 0.25) is 0 Å². The van der Waals surface area contributed by atoms with Crippen LogP contribution >= 0.6 is 46.4 Å². The van der Waals surface area contributed by atoms with Crippen LogP contribution in [0.2, 0.25) is 0 Å². The molecule has 10 heteroatoms. The third-order valence-corrected chi connectivity index (χ3v) is 3.69. The van der Waals surface area contributed by atoms with Gasteiger partial charge in [-0.15, -0.1) is 24.8 Å². The Morgan fingerprint density at radius 1 is 0.938 bits per heavy atom. The number of aliphatic carboxylic acids is 2. The highest BCUT2D eigenvalue weighted by Gasteiger charge is 2.14. The summed E-state index contributed by atoms with van der Waals surface area (Å²) in [5.41, 5.74) is 10.4. The minimum absolute atomic E-state index is 0. The Balaban J connectivity index is -0.000000845. The second kappa shape index (κ2) is 11.6. The average molecular weight is 313 g/mol.